The highest BCUT2D eigenvalue weighted by molar-refractivity contribution is 6.31. The number of rotatable bonds is 5. The lowest BCUT2D eigenvalue weighted by atomic mass is 10.2. The minimum atomic E-state index is -0.309. The maximum absolute atomic E-state index is 13.9. The number of pyridine rings is 1. The van der Waals surface area contributed by atoms with Crippen molar-refractivity contribution in [2.24, 2.45) is 0 Å². The molecule has 0 atom stereocenters. The van der Waals surface area contributed by atoms with Gasteiger partial charge in [-0.2, -0.15) is 0 Å². The van der Waals surface area contributed by atoms with E-state index in [9.17, 15) is 9.18 Å². The van der Waals surface area contributed by atoms with E-state index in [2.05, 4.69) is 15.2 Å². The van der Waals surface area contributed by atoms with E-state index in [4.69, 9.17) is 11.6 Å². The maximum atomic E-state index is 13.9. The summed E-state index contributed by atoms with van der Waals surface area (Å²) in [5.74, 6) is 0.703. The third-order valence-corrected chi connectivity index (χ3v) is 4.93. The van der Waals surface area contributed by atoms with Gasteiger partial charge in [-0.05, 0) is 18.2 Å². The Hall–Kier alpha value is -2.18. The van der Waals surface area contributed by atoms with E-state index in [0.717, 1.165) is 24.5 Å². The Bertz CT molecular complexity index is 758. The fourth-order valence-corrected chi connectivity index (χ4v) is 3.34. The molecule has 5 nitrogen and oxygen atoms in total. The fraction of sp³-hybridized carbons (Fsp3) is 0.368. The molecule has 0 aliphatic carbocycles. The normalized spacial score (nSPS) is 14.6. The molecule has 0 radical (unpaired) electrons. The van der Waals surface area contributed by atoms with Crippen LogP contribution < -0.4 is 10.2 Å². The number of anilines is 1. The zero-order chi connectivity index (χ0) is 18.5. The predicted molar refractivity (Wildman–Crippen MR) is 101 cm³/mol. The van der Waals surface area contributed by atoms with Crippen molar-refractivity contribution in [2.75, 3.05) is 31.1 Å². The van der Waals surface area contributed by atoms with E-state index in [1.807, 2.05) is 17.0 Å². The minimum Gasteiger partial charge on any atom is -0.353 e. The van der Waals surface area contributed by atoms with E-state index >= 15 is 0 Å². The molecule has 26 heavy (non-hydrogen) atoms. The highest BCUT2D eigenvalue weighted by Gasteiger charge is 2.21. The van der Waals surface area contributed by atoms with Gasteiger partial charge in [0.15, 0.2) is 0 Å². The quantitative estimate of drug-likeness (QED) is 0.871. The second-order valence-corrected chi connectivity index (χ2v) is 6.69. The number of amides is 1. The van der Waals surface area contributed by atoms with Crippen molar-refractivity contribution in [3.8, 4) is 0 Å². The number of nitrogens with zero attached hydrogens (tertiary/aromatic N) is 3. The highest BCUT2D eigenvalue weighted by atomic mass is 35.5. The zero-order valence-corrected chi connectivity index (χ0v) is 15.5. The average molecular weight is 377 g/mol. The van der Waals surface area contributed by atoms with Crippen molar-refractivity contribution >= 4 is 23.3 Å². The molecule has 1 fully saturated rings. The Morgan fingerprint density at radius 1 is 1.19 bits per heavy atom. The molecule has 1 N–H and O–H groups in total. The van der Waals surface area contributed by atoms with Crippen LogP contribution in [0.5, 0.6) is 0 Å². The van der Waals surface area contributed by atoms with Gasteiger partial charge in [-0.1, -0.05) is 23.7 Å². The highest BCUT2D eigenvalue weighted by Crippen LogP contribution is 2.21. The van der Waals surface area contributed by atoms with Crippen molar-refractivity contribution in [3.63, 3.8) is 0 Å². The molecule has 1 saturated heterocycles. The summed E-state index contributed by atoms with van der Waals surface area (Å²) in [6, 6.07) is 8.59. The molecule has 3 rings (SSSR count). The number of halogens is 2. The maximum Gasteiger partial charge on any atom is 0.219 e. The number of hydrogen-bond acceptors (Lipinski definition) is 4. The molecule has 2 heterocycles. The molecule has 0 spiro atoms. The van der Waals surface area contributed by atoms with E-state index in [0.29, 0.717) is 36.8 Å². The minimum absolute atomic E-state index is 0.106. The Morgan fingerprint density at radius 3 is 2.65 bits per heavy atom. The van der Waals surface area contributed by atoms with E-state index < -0.39 is 0 Å². The van der Waals surface area contributed by atoms with Crippen LogP contribution in [0.15, 0.2) is 36.5 Å². The van der Waals surface area contributed by atoms with Crippen molar-refractivity contribution in [3.05, 3.63) is 58.5 Å². The van der Waals surface area contributed by atoms with Gasteiger partial charge in [0.2, 0.25) is 5.91 Å². The van der Waals surface area contributed by atoms with Crippen LogP contribution in [-0.2, 0) is 17.9 Å². The third-order valence-electron chi connectivity index (χ3n) is 4.57. The number of carbonyl (C=O) groups excluding carboxylic acids is 1. The molecule has 1 aromatic carbocycles. The predicted octanol–water partition coefficient (Wildman–Crippen LogP) is 2.83. The first kappa shape index (κ1) is 18.6. The fourth-order valence-electron chi connectivity index (χ4n) is 3.11. The molecule has 0 bridgehead atoms. The van der Waals surface area contributed by atoms with Crippen LogP contribution in [0.2, 0.25) is 5.02 Å². The number of nitrogens with one attached hydrogen (secondary N) is 1. The Morgan fingerprint density at radius 2 is 1.96 bits per heavy atom. The van der Waals surface area contributed by atoms with Crippen LogP contribution in [0.3, 0.4) is 0 Å². The smallest absolute Gasteiger partial charge is 0.219 e. The number of hydrogen-bond donors (Lipinski definition) is 1. The monoisotopic (exact) mass is 376 g/mol. The van der Waals surface area contributed by atoms with Crippen LogP contribution in [0.4, 0.5) is 10.2 Å². The zero-order valence-electron chi connectivity index (χ0n) is 14.7. The summed E-state index contributed by atoms with van der Waals surface area (Å²) in [7, 11) is 0. The molecule has 138 valence electrons. The van der Waals surface area contributed by atoms with Crippen molar-refractivity contribution in [1.29, 1.82) is 0 Å². The third kappa shape index (κ3) is 4.31. The SMILES string of the molecule is CC(=O)N1CCN(c2ncccc2CNCc2c(F)cccc2Cl)CC1. The molecule has 1 aromatic heterocycles. The molecule has 1 aliphatic heterocycles. The lowest BCUT2D eigenvalue weighted by molar-refractivity contribution is -0.129. The van der Waals surface area contributed by atoms with Crippen molar-refractivity contribution < 1.29 is 9.18 Å². The van der Waals surface area contributed by atoms with E-state index in [-0.39, 0.29) is 11.7 Å². The summed E-state index contributed by atoms with van der Waals surface area (Å²) >= 11 is 6.07. The number of carbonyl (C=O) groups is 1. The summed E-state index contributed by atoms with van der Waals surface area (Å²) < 4.78 is 13.9. The van der Waals surface area contributed by atoms with Crippen LogP contribution in [-0.4, -0.2) is 42.0 Å². The number of benzene rings is 1. The van der Waals surface area contributed by atoms with Gasteiger partial charge in [-0.25, -0.2) is 9.37 Å². The van der Waals surface area contributed by atoms with Gasteiger partial charge in [0.25, 0.3) is 0 Å². The molecule has 2 aromatic rings. The molecule has 0 unspecified atom stereocenters. The van der Waals surface area contributed by atoms with Gasteiger partial charge in [-0.3, -0.25) is 4.79 Å². The van der Waals surface area contributed by atoms with Crippen LogP contribution in [0.1, 0.15) is 18.1 Å². The first-order chi connectivity index (χ1) is 12.6. The first-order valence-corrected chi connectivity index (χ1v) is 9.02. The van der Waals surface area contributed by atoms with E-state index in [1.165, 1.54) is 6.07 Å². The Labute approximate surface area is 157 Å². The standard InChI is InChI=1S/C19H22ClFN4O/c1-14(26)24-8-10-25(11-9-24)19-15(4-3-7-23-19)12-22-13-16-17(20)5-2-6-18(16)21/h2-7,22H,8-13H2,1H3. The Balaban J connectivity index is 1.64. The number of aromatic nitrogens is 1. The van der Waals surface area contributed by atoms with Crippen LogP contribution in [0, 0.1) is 5.82 Å². The van der Waals surface area contributed by atoms with Crippen molar-refractivity contribution in [2.45, 2.75) is 20.0 Å². The lowest BCUT2D eigenvalue weighted by Crippen LogP contribution is -2.48. The largest absolute Gasteiger partial charge is 0.353 e. The van der Waals surface area contributed by atoms with Gasteiger partial charge in [0, 0.05) is 68.5 Å². The Kier molecular flexibility index (Phi) is 6.06. The van der Waals surface area contributed by atoms with Gasteiger partial charge in [0.1, 0.15) is 11.6 Å². The average Bonchev–Trinajstić information content (AvgIpc) is 2.64. The summed E-state index contributed by atoms with van der Waals surface area (Å²) in [6.07, 6.45) is 1.77. The first-order valence-electron chi connectivity index (χ1n) is 8.64. The molecule has 1 amide bonds. The second kappa shape index (κ2) is 8.47. The van der Waals surface area contributed by atoms with Crippen LogP contribution >= 0.6 is 11.6 Å². The number of piperazine rings is 1. The van der Waals surface area contributed by atoms with Gasteiger partial charge >= 0.3 is 0 Å². The van der Waals surface area contributed by atoms with Crippen LogP contribution in [0.25, 0.3) is 0 Å². The summed E-state index contributed by atoms with van der Waals surface area (Å²) in [6.45, 7) is 5.40. The molecule has 7 heteroatoms. The molecule has 0 saturated carbocycles. The van der Waals surface area contributed by atoms with Gasteiger partial charge < -0.3 is 15.1 Å². The van der Waals surface area contributed by atoms with Gasteiger partial charge in [-0.15, -0.1) is 0 Å². The molecule has 1 aliphatic rings. The van der Waals surface area contributed by atoms with E-state index in [1.54, 1.807) is 25.3 Å². The lowest BCUT2D eigenvalue weighted by Gasteiger charge is -2.35. The summed E-state index contributed by atoms with van der Waals surface area (Å²) in [5, 5.41) is 3.67. The topological polar surface area (TPSA) is 48.5 Å². The summed E-state index contributed by atoms with van der Waals surface area (Å²) in [4.78, 5) is 20.0. The second-order valence-electron chi connectivity index (χ2n) is 6.28. The summed E-state index contributed by atoms with van der Waals surface area (Å²) in [5.41, 5.74) is 1.51. The molecular weight excluding hydrogens is 355 g/mol. The van der Waals surface area contributed by atoms with Crippen molar-refractivity contribution in [1.82, 2.24) is 15.2 Å². The molecular formula is C19H22ClFN4O. The van der Waals surface area contributed by atoms with Gasteiger partial charge in [0.05, 0.1) is 0 Å².